The van der Waals surface area contributed by atoms with Crippen LogP contribution in [0.15, 0.2) is 36.7 Å². The monoisotopic (exact) mass is 329 g/mol. The van der Waals surface area contributed by atoms with E-state index in [2.05, 4.69) is 25.5 Å². The molecule has 6 nitrogen and oxygen atoms in total. The third-order valence-electron chi connectivity index (χ3n) is 3.32. The normalized spacial score (nSPS) is 10.6. The Bertz CT molecular complexity index is 894. The first-order valence-electron chi connectivity index (χ1n) is 7.09. The summed E-state index contributed by atoms with van der Waals surface area (Å²) in [5.74, 6) is -1.83. The molecule has 0 aliphatic rings. The van der Waals surface area contributed by atoms with Crippen LogP contribution in [0.1, 0.15) is 21.9 Å². The smallest absolute Gasteiger partial charge is 0.269 e. The maximum absolute atomic E-state index is 13.7. The lowest BCUT2D eigenvalue weighted by Gasteiger charge is -2.03. The van der Waals surface area contributed by atoms with Crippen molar-refractivity contribution in [3.8, 4) is 11.3 Å². The van der Waals surface area contributed by atoms with Crippen LogP contribution in [-0.2, 0) is 6.54 Å². The number of aryl methyl sites for hydroxylation is 1. The van der Waals surface area contributed by atoms with Crippen LogP contribution in [0, 0.1) is 18.6 Å². The molecule has 3 aromatic rings. The van der Waals surface area contributed by atoms with Crippen LogP contribution >= 0.6 is 0 Å². The highest BCUT2D eigenvalue weighted by atomic mass is 19.1. The lowest BCUT2D eigenvalue weighted by atomic mass is 10.1. The quantitative estimate of drug-likeness (QED) is 0.770. The van der Waals surface area contributed by atoms with Crippen molar-refractivity contribution in [3.63, 3.8) is 0 Å². The van der Waals surface area contributed by atoms with Gasteiger partial charge in [-0.2, -0.15) is 5.10 Å². The number of rotatable bonds is 4. The summed E-state index contributed by atoms with van der Waals surface area (Å²) in [4.78, 5) is 20.1. The third kappa shape index (κ3) is 3.43. The first-order chi connectivity index (χ1) is 11.5. The second kappa shape index (κ2) is 6.53. The molecule has 0 spiro atoms. The molecule has 1 amide bonds. The van der Waals surface area contributed by atoms with E-state index in [0.717, 1.165) is 17.8 Å². The molecule has 0 atom stereocenters. The van der Waals surface area contributed by atoms with Crippen LogP contribution in [0.3, 0.4) is 0 Å². The van der Waals surface area contributed by atoms with Crippen molar-refractivity contribution in [1.29, 1.82) is 0 Å². The van der Waals surface area contributed by atoms with Gasteiger partial charge in [-0.25, -0.2) is 18.7 Å². The van der Waals surface area contributed by atoms with Crippen molar-refractivity contribution in [2.75, 3.05) is 0 Å². The molecule has 0 radical (unpaired) electrons. The minimum absolute atomic E-state index is 0.109. The number of hydrogen-bond acceptors (Lipinski definition) is 4. The molecule has 0 saturated heterocycles. The van der Waals surface area contributed by atoms with Gasteiger partial charge in [0.1, 0.15) is 23.7 Å². The van der Waals surface area contributed by atoms with Gasteiger partial charge in [-0.05, 0) is 31.2 Å². The predicted molar refractivity (Wildman–Crippen MR) is 81.9 cm³/mol. The van der Waals surface area contributed by atoms with E-state index in [4.69, 9.17) is 0 Å². The minimum atomic E-state index is -0.745. The molecule has 1 aromatic carbocycles. The van der Waals surface area contributed by atoms with Crippen LogP contribution in [-0.4, -0.2) is 26.1 Å². The molecule has 0 unspecified atom stereocenters. The Labute approximate surface area is 136 Å². The number of amides is 1. The largest absolute Gasteiger partial charge is 0.345 e. The highest BCUT2D eigenvalue weighted by Gasteiger charge is 2.14. The van der Waals surface area contributed by atoms with Crippen LogP contribution in [0.4, 0.5) is 8.78 Å². The van der Waals surface area contributed by atoms with Crippen LogP contribution < -0.4 is 5.32 Å². The van der Waals surface area contributed by atoms with E-state index in [-0.39, 0.29) is 23.5 Å². The molecule has 122 valence electrons. The predicted octanol–water partition coefficient (Wildman–Crippen LogP) is 2.38. The van der Waals surface area contributed by atoms with Gasteiger partial charge >= 0.3 is 0 Å². The van der Waals surface area contributed by atoms with Crippen molar-refractivity contribution >= 4 is 5.91 Å². The number of hydrogen-bond donors (Lipinski definition) is 2. The lowest BCUT2D eigenvalue weighted by molar-refractivity contribution is 0.0945. The molecule has 0 fully saturated rings. The maximum Gasteiger partial charge on any atom is 0.269 e. The third-order valence-corrected chi connectivity index (χ3v) is 3.32. The van der Waals surface area contributed by atoms with E-state index >= 15 is 0 Å². The molecule has 0 aliphatic carbocycles. The lowest BCUT2D eigenvalue weighted by Crippen LogP contribution is -2.23. The number of carbonyl (C=O) groups is 1. The van der Waals surface area contributed by atoms with Crippen molar-refractivity contribution < 1.29 is 13.6 Å². The maximum atomic E-state index is 13.7. The standard InChI is InChI=1S/C16H13F2N5O/c1-9-4-11(21-8-20-9)7-19-16(24)15-6-14(22-23-15)12-3-2-10(17)5-13(12)18/h2-6,8H,7H2,1H3,(H,19,24)(H,22,23). The Morgan fingerprint density at radius 1 is 1.21 bits per heavy atom. The van der Waals surface area contributed by atoms with E-state index in [1.807, 2.05) is 6.92 Å². The first-order valence-corrected chi connectivity index (χ1v) is 7.09. The number of aromatic nitrogens is 4. The van der Waals surface area contributed by atoms with Gasteiger partial charge in [0.05, 0.1) is 17.9 Å². The SMILES string of the molecule is Cc1cc(CNC(=O)c2cc(-c3ccc(F)cc3F)n[nH]2)ncn1. The summed E-state index contributed by atoms with van der Waals surface area (Å²) >= 11 is 0. The number of halogens is 2. The van der Waals surface area contributed by atoms with Gasteiger partial charge in [0.25, 0.3) is 5.91 Å². The van der Waals surface area contributed by atoms with E-state index in [1.165, 1.54) is 18.5 Å². The Balaban J connectivity index is 1.71. The molecule has 2 N–H and O–H groups in total. The fourth-order valence-corrected chi connectivity index (χ4v) is 2.15. The topological polar surface area (TPSA) is 83.6 Å². The number of benzene rings is 1. The zero-order valence-electron chi connectivity index (χ0n) is 12.7. The van der Waals surface area contributed by atoms with Gasteiger partial charge in [-0.15, -0.1) is 0 Å². The van der Waals surface area contributed by atoms with Gasteiger partial charge in [0.15, 0.2) is 0 Å². The molecule has 2 heterocycles. The summed E-state index contributed by atoms with van der Waals surface area (Å²) in [6.07, 6.45) is 1.42. The number of nitrogens with one attached hydrogen (secondary N) is 2. The van der Waals surface area contributed by atoms with Crippen molar-refractivity contribution in [3.05, 3.63) is 65.4 Å². The molecular formula is C16H13F2N5O. The summed E-state index contributed by atoms with van der Waals surface area (Å²) in [6.45, 7) is 2.05. The molecule has 2 aromatic heterocycles. The fraction of sp³-hybridized carbons (Fsp3) is 0.125. The van der Waals surface area contributed by atoms with Gasteiger partial charge in [-0.3, -0.25) is 9.89 Å². The van der Waals surface area contributed by atoms with Gasteiger partial charge in [-0.1, -0.05) is 0 Å². The number of aromatic amines is 1. The summed E-state index contributed by atoms with van der Waals surface area (Å²) in [5.41, 5.74) is 1.96. The van der Waals surface area contributed by atoms with E-state index in [9.17, 15) is 13.6 Å². The molecule has 8 heteroatoms. The van der Waals surface area contributed by atoms with Crippen LogP contribution in [0.5, 0.6) is 0 Å². The molecule has 3 rings (SSSR count). The fourth-order valence-electron chi connectivity index (χ4n) is 2.15. The summed E-state index contributed by atoms with van der Waals surface area (Å²) in [6, 6.07) is 6.32. The Hall–Kier alpha value is -3.16. The summed E-state index contributed by atoms with van der Waals surface area (Å²) in [5, 5.41) is 9.11. The van der Waals surface area contributed by atoms with Crippen molar-refractivity contribution in [2.24, 2.45) is 0 Å². The Morgan fingerprint density at radius 2 is 2.04 bits per heavy atom. The summed E-state index contributed by atoms with van der Waals surface area (Å²) in [7, 11) is 0. The van der Waals surface area contributed by atoms with Crippen LogP contribution in [0.2, 0.25) is 0 Å². The van der Waals surface area contributed by atoms with E-state index in [0.29, 0.717) is 5.69 Å². The number of carbonyl (C=O) groups excluding carboxylic acids is 1. The van der Waals surface area contributed by atoms with Gasteiger partial charge in [0, 0.05) is 17.3 Å². The molecule has 0 bridgehead atoms. The average molecular weight is 329 g/mol. The van der Waals surface area contributed by atoms with E-state index in [1.54, 1.807) is 6.07 Å². The molecule has 0 saturated carbocycles. The first kappa shape index (κ1) is 15.7. The zero-order chi connectivity index (χ0) is 17.1. The average Bonchev–Trinajstić information content (AvgIpc) is 3.02. The highest BCUT2D eigenvalue weighted by molar-refractivity contribution is 5.93. The molecular weight excluding hydrogens is 316 g/mol. The molecule has 24 heavy (non-hydrogen) atoms. The number of nitrogens with zero attached hydrogens (tertiary/aromatic N) is 3. The van der Waals surface area contributed by atoms with E-state index < -0.39 is 17.5 Å². The Kier molecular flexibility index (Phi) is 4.28. The molecule has 0 aliphatic heterocycles. The van der Waals surface area contributed by atoms with Gasteiger partial charge < -0.3 is 5.32 Å². The minimum Gasteiger partial charge on any atom is -0.345 e. The van der Waals surface area contributed by atoms with Gasteiger partial charge in [0.2, 0.25) is 0 Å². The van der Waals surface area contributed by atoms with Crippen molar-refractivity contribution in [1.82, 2.24) is 25.5 Å². The second-order valence-electron chi connectivity index (χ2n) is 5.12. The highest BCUT2D eigenvalue weighted by Crippen LogP contribution is 2.22. The second-order valence-corrected chi connectivity index (χ2v) is 5.12. The summed E-state index contributed by atoms with van der Waals surface area (Å²) < 4.78 is 26.7. The number of H-pyrrole nitrogens is 1. The van der Waals surface area contributed by atoms with Crippen molar-refractivity contribution in [2.45, 2.75) is 13.5 Å². The Morgan fingerprint density at radius 3 is 2.79 bits per heavy atom. The zero-order valence-corrected chi connectivity index (χ0v) is 12.7. The van der Waals surface area contributed by atoms with Crippen LogP contribution in [0.25, 0.3) is 11.3 Å².